The van der Waals surface area contributed by atoms with Crippen LogP contribution in [0.5, 0.6) is 0 Å². The van der Waals surface area contributed by atoms with Gasteiger partial charge >= 0.3 is 0 Å². The highest BCUT2D eigenvalue weighted by Gasteiger charge is 2.33. The van der Waals surface area contributed by atoms with Gasteiger partial charge in [0, 0.05) is 20.6 Å². The molecule has 23 heavy (non-hydrogen) atoms. The number of carbonyl (C=O) groups is 1. The maximum Gasteiger partial charge on any atom is 0.274 e. The van der Waals surface area contributed by atoms with Crippen LogP contribution in [0.15, 0.2) is 12.4 Å². The van der Waals surface area contributed by atoms with Crippen molar-refractivity contribution in [2.24, 2.45) is 14.1 Å². The van der Waals surface area contributed by atoms with Crippen LogP contribution in [-0.4, -0.2) is 36.9 Å². The van der Waals surface area contributed by atoms with Crippen LogP contribution < -0.4 is 0 Å². The zero-order valence-corrected chi connectivity index (χ0v) is 14.7. The molecule has 1 aliphatic rings. The molecule has 1 saturated heterocycles. The van der Waals surface area contributed by atoms with Gasteiger partial charge in [0.25, 0.3) is 5.91 Å². The van der Waals surface area contributed by atoms with Gasteiger partial charge in [-0.3, -0.25) is 14.2 Å². The summed E-state index contributed by atoms with van der Waals surface area (Å²) >= 11 is 12.5. The van der Waals surface area contributed by atoms with Crippen molar-refractivity contribution < 1.29 is 4.79 Å². The van der Waals surface area contributed by atoms with Crippen molar-refractivity contribution in [2.75, 3.05) is 6.54 Å². The highest BCUT2D eigenvalue weighted by molar-refractivity contribution is 6.33. The van der Waals surface area contributed by atoms with Crippen molar-refractivity contribution in [3.05, 3.63) is 33.8 Å². The predicted octanol–water partition coefficient (Wildman–Crippen LogP) is 3.22. The number of hydrogen-bond acceptors (Lipinski definition) is 3. The predicted molar refractivity (Wildman–Crippen MR) is 88.7 cm³/mol. The Morgan fingerprint density at radius 2 is 1.78 bits per heavy atom. The Bertz CT molecular complexity index is 685. The van der Waals surface area contributed by atoms with Crippen LogP contribution in [0, 0.1) is 0 Å². The minimum absolute atomic E-state index is 0.101. The Kier molecular flexibility index (Phi) is 4.64. The van der Waals surface area contributed by atoms with Crippen LogP contribution in [0.1, 0.15) is 47.9 Å². The second-order valence-corrected chi connectivity index (χ2v) is 6.64. The first-order chi connectivity index (χ1) is 11.0. The minimum atomic E-state index is -0.112. The van der Waals surface area contributed by atoms with Gasteiger partial charge in [0.05, 0.1) is 34.2 Å². The number of halogens is 2. The van der Waals surface area contributed by atoms with Gasteiger partial charge in [-0.05, 0) is 12.8 Å². The molecule has 1 atom stereocenters. The maximum atomic E-state index is 13.1. The monoisotopic (exact) mass is 355 g/mol. The quantitative estimate of drug-likeness (QED) is 0.830. The molecule has 2 aromatic rings. The Hall–Kier alpha value is -1.53. The molecule has 1 amide bonds. The van der Waals surface area contributed by atoms with Crippen LogP contribution in [0.25, 0.3) is 0 Å². The third kappa shape index (κ3) is 2.97. The summed E-state index contributed by atoms with van der Waals surface area (Å²) in [5.41, 5.74) is 1.29. The molecule has 3 heterocycles. The molecule has 0 saturated carbocycles. The second-order valence-electron chi connectivity index (χ2n) is 5.83. The lowest BCUT2D eigenvalue weighted by Crippen LogP contribution is -2.37. The molecule has 6 nitrogen and oxygen atoms in total. The lowest BCUT2D eigenvalue weighted by Gasteiger charge is -2.30. The zero-order valence-electron chi connectivity index (χ0n) is 13.2. The van der Waals surface area contributed by atoms with Gasteiger partial charge in [-0.2, -0.15) is 10.2 Å². The average Bonchev–Trinajstić information content (AvgIpc) is 2.92. The molecule has 0 N–H and O–H groups in total. The fourth-order valence-corrected chi connectivity index (χ4v) is 3.76. The van der Waals surface area contributed by atoms with Crippen molar-refractivity contribution in [2.45, 2.75) is 31.7 Å². The standard InChI is InChI=1S/C15H19Cl2N5O/c1-20-13(10(16)8-18-20)12-6-4-3-5-7-22(12)15(23)14-11(17)9-19-21(14)2/h8-9,12H,3-7H2,1-2H3/t12-/m1/s1. The van der Waals surface area contributed by atoms with E-state index in [1.807, 2.05) is 11.9 Å². The molecule has 8 heteroatoms. The number of hydrogen-bond donors (Lipinski definition) is 0. The summed E-state index contributed by atoms with van der Waals surface area (Å²) in [4.78, 5) is 15.0. The summed E-state index contributed by atoms with van der Waals surface area (Å²) in [7, 11) is 3.58. The van der Waals surface area contributed by atoms with E-state index in [1.165, 1.54) is 10.9 Å². The molecule has 3 rings (SSSR count). The number of aryl methyl sites for hydroxylation is 2. The van der Waals surface area contributed by atoms with E-state index < -0.39 is 0 Å². The first kappa shape index (κ1) is 16.3. The highest BCUT2D eigenvalue weighted by atomic mass is 35.5. The lowest BCUT2D eigenvalue weighted by atomic mass is 10.1. The van der Waals surface area contributed by atoms with Crippen LogP contribution in [0.2, 0.25) is 10.0 Å². The van der Waals surface area contributed by atoms with Crippen molar-refractivity contribution >= 4 is 29.1 Å². The van der Waals surface area contributed by atoms with Crippen LogP contribution in [0.4, 0.5) is 0 Å². The minimum Gasteiger partial charge on any atom is -0.329 e. The molecule has 0 bridgehead atoms. The summed E-state index contributed by atoms with van der Waals surface area (Å²) in [6.07, 6.45) is 7.09. The van der Waals surface area contributed by atoms with E-state index in [0.717, 1.165) is 31.4 Å². The van der Waals surface area contributed by atoms with E-state index in [-0.39, 0.29) is 11.9 Å². The van der Waals surface area contributed by atoms with E-state index in [4.69, 9.17) is 23.2 Å². The number of nitrogens with zero attached hydrogens (tertiary/aromatic N) is 5. The number of aromatic nitrogens is 4. The van der Waals surface area contributed by atoms with Crippen LogP contribution >= 0.6 is 23.2 Å². The van der Waals surface area contributed by atoms with E-state index in [9.17, 15) is 4.79 Å². The van der Waals surface area contributed by atoms with Crippen molar-refractivity contribution in [3.63, 3.8) is 0 Å². The first-order valence-corrected chi connectivity index (χ1v) is 8.42. The highest BCUT2D eigenvalue weighted by Crippen LogP contribution is 2.35. The summed E-state index contributed by atoms with van der Waals surface area (Å²) in [5.74, 6) is -0.112. The van der Waals surface area contributed by atoms with E-state index >= 15 is 0 Å². The second kappa shape index (κ2) is 6.53. The molecule has 124 valence electrons. The summed E-state index contributed by atoms with van der Waals surface area (Å²) in [5, 5.41) is 9.25. The molecular formula is C15H19Cl2N5O. The summed E-state index contributed by atoms with van der Waals surface area (Å²) in [6.45, 7) is 0.673. The van der Waals surface area contributed by atoms with Gasteiger partial charge in [-0.15, -0.1) is 0 Å². The SMILES string of the molecule is Cn1ncc(Cl)c1C(=O)N1CCCCC[C@@H]1c1c(Cl)cnn1C. The largest absolute Gasteiger partial charge is 0.329 e. The third-order valence-corrected chi connectivity index (χ3v) is 4.93. The summed E-state index contributed by atoms with van der Waals surface area (Å²) in [6, 6.07) is -0.101. The number of amides is 1. The van der Waals surface area contributed by atoms with Gasteiger partial charge in [0.15, 0.2) is 0 Å². The van der Waals surface area contributed by atoms with Gasteiger partial charge in [-0.25, -0.2) is 0 Å². The van der Waals surface area contributed by atoms with Crippen molar-refractivity contribution in [3.8, 4) is 0 Å². The number of rotatable bonds is 2. The average molecular weight is 356 g/mol. The molecule has 0 aromatic carbocycles. The fraction of sp³-hybridized carbons (Fsp3) is 0.533. The molecule has 0 radical (unpaired) electrons. The van der Waals surface area contributed by atoms with E-state index in [1.54, 1.807) is 17.9 Å². The smallest absolute Gasteiger partial charge is 0.274 e. The topological polar surface area (TPSA) is 56.0 Å². The fourth-order valence-electron chi connectivity index (χ4n) is 3.22. The zero-order chi connectivity index (χ0) is 16.6. The Labute approximate surface area is 145 Å². The molecule has 1 fully saturated rings. The molecule has 1 aliphatic heterocycles. The van der Waals surface area contributed by atoms with Crippen molar-refractivity contribution in [1.29, 1.82) is 0 Å². The van der Waals surface area contributed by atoms with Crippen LogP contribution in [0.3, 0.4) is 0 Å². The van der Waals surface area contributed by atoms with E-state index in [0.29, 0.717) is 22.3 Å². The maximum absolute atomic E-state index is 13.1. The molecular weight excluding hydrogens is 337 g/mol. The Morgan fingerprint density at radius 3 is 2.39 bits per heavy atom. The summed E-state index contributed by atoms with van der Waals surface area (Å²) < 4.78 is 3.28. The molecule has 2 aromatic heterocycles. The molecule has 0 aliphatic carbocycles. The number of likely N-dealkylation sites (tertiary alicyclic amines) is 1. The molecule has 0 spiro atoms. The number of carbonyl (C=O) groups excluding carboxylic acids is 1. The first-order valence-electron chi connectivity index (χ1n) is 7.66. The van der Waals surface area contributed by atoms with Crippen LogP contribution in [-0.2, 0) is 14.1 Å². The normalized spacial score (nSPS) is 19.0. The molecule has 0 unspecified atom stereocenters. The Balaban J connectivity index is 2.01. The lowest BCUT2D eigenvalue weighted by molar-refractivity contribution is 0.0662. The van der Waals surface area contributed by atoms with Gasteiger partial charge in [0.1, 0.15) is 5.69 Å². The van der Waals surface area contributed by atoms with E-state index in [2.05, 4.69) is 10.2 Å². The Morgan fingerprint density at radius 1 is 1.09 bits per heavy atom. The van der Waals surface area contributed by atoms with Gasteiger partial charge in [-0.1, -0.05) is 36.0 Å². The van der Waals surface area contributed by atoms with Crippen molar-refractivity contribution in [1.82, 2.24) is 24.5 Å². The third-order valence-electron chi connectivity index (χ3n) is 4.36. The van der Waals surface area contributed by atoms with Gasteiger partial charge < -0.3 is 4.90 Å². The van der Waals surface area contributed by atoms with Gasteiger partial charge in [0.2, 0.25) is 0 Å².